The molecule has 110 valence electrons. The van der Waals surface area contributed by atoms with Gasteiger partial charge in [-0.3, -0.25) is 4.79 Å². The lowest BCUT2D eigenvalue weighted by Gasteiger charge is -2.12. The molecule has 21 heavy (non-hydrogen) atoms. The van der Waals surface area contributed by atoms with Crippen molar-refractivity contribution in [3.05, 3.63) is 53.5 Å². The van der Waals surface area contributed by atoms with E-state index < -0.39 is 6.03 Å². The number of primary amides is 1. The van der Waals surface area contributed by atoms with E-state index >= 15 is 0 Å². The molecular formula is C15H17N3O3. The Labute approximate surface area is 122 Å². The van der Waals surface area contributed by atoms with Crippen molar-refractivity contribution in [2.45, 2.75) is 19.9 Å². The highest BCUT2D eigenvalue weighted by Crippen LogP contribution is 2.16. The lowest BCUT2D eigenvalue weighted by Crippen LogP contribution is -2.26. The zero-order valence-corrected chi connectivity index (χ0v) is 11.8. The van der Waals surface area contributed by atoms with Gasteiger partial charge in [-0.25, -0.2) is 4.79 Å². The number of carbonyl (C=O) groups excluding carboxylic acids is 2. The van der Waals surface area contributed by atoms with E-state index in [-0.39, 0.29) is 11.9 Å². The SMILES string of the molecule is Cc1ccc(C(C)NC(=O)c2ccc(NC(N)=O)cc2)o1. The van der Waals surface area contributed by atoms with Gasteiger partial charge in [0.25, 0.3) is 5.91 Å². The summed E-state index contributed by atoms with van der Waals surface area (Å²) in [6.07, 6.45) is 0. The Kier molecular flexibility index (Phi) is 4.27. The van der Waals surface area contributed by atoms with Crippen LogP contribution in [0.4, 0.5) is 10.5 Å². The predicted molar refractivity (Wildman–Crippen MR) is 79.0 cm³/mol. The fourth-order valence-corrected chi connectivity index (χ4v) is 1.88. The molecule has 1 unspecified atom stereocenters. The molecule has 1 aromatic carbocycles. The molecule has 0 fully saturated rings. The molecule has 1 heterocycles. The quantitative estimate of drug-likeness (QED) is 0.806. The minimum absolute atomic E-state index is 0.220. The standard InChI is InChI=1S/C15H17N3O3/c1-9-3-8-13(21-9)10(2)17-14(19)11-4-6-12(7-5-11)18-15(16)20/h3-8,10H,1-2H3,(H,17,19)(H3,16,18,20). The van der Waals surface area contributed by atoms with Crippen LogP contribution >= 0.6 is 0 Å². The van der Waals surface area contributed by atoms with Gasteiger partial charge in [0, 0.05) is 11.3 Å². The van der Waals surface area contributed by atoms with E-state index in [2.05, 4.69) is 10.6 Å². The van der Waals surface area contributed by atoms with Crippen molar-refractivity contribution >= 4 is 17.6 Å². The highest BCUT2D eigenvalue weighted by Gasteiger charge is 2.14. The second-order valence-electron chi connectivity index (χ2n) is 4.71. The molecule has 3 amide bonds. The van der Waals surface area contributed by atoms with Crippen molar-refractivity contribution < 1.29 is 14.0 Å². The van der Waals surface area contributed by atoms with Crippen LogP contribution in [-0.2, 0) is 0 Å². The Hall–Kier alpha value is -2.76. The van der Waals surface area contributed by atoms with Crippen molar-refractivity contribution in [3.63, 3.8) is 0 Å². The molecule has 0 aliphatic carbocycles. The maximum absolute atomic E-state index is 12.1. The summed E-state index contributed by atoms with van der Waals surface area (Å²) in [7, 11) is 0. The van der Waals surface area contributed by atoms with E-state index in [1.54, 1.807) is 24.3 Å². The number of carbonyl (C=O) groups is 2. The molecule has 0 saturated heterocycles. The van der Waals surface area contributed by atoms with Gasteiger partial charge in [0.2, 0.25) is 0 Å². The van der Waals surface area contributed by atoms with Crippen molar-refractivity contribution in [1.29, 1.82) is 0 Å². The summed E-state index contributed by atoms with van der Waals surface area (Å²) in [6, 6.07) is 9.26. The van der Waals surface area contributed by atoms with Crippen LogP contribution in [0.15, 0.2) is 40.8 Å². The summed E-state index contributed by atoms with van der Waals surface area (Å²) in [5.41, 5.74) is 6.04. The number of nitrogens with one attached hydrogen (secondary N) is 2. The maximum Gasteiger partial charge on any atom is 0.316 e. The van der Waals surface area contributed by atoms with Crippen LogP contribution in [-0.4, -0.2) is 11.9 Å². The summed E-state index contributed by atoms with van der Waals surface area (Å²) in [6.45, 7) is 3.70. The van der Waals surface area contributed by atoms with Gasteiger partial charge in [0.05, 0.1) is 6.04 Å². The number of amides is 3. The van der Waals surface area contributed by atoms with Crippen LogP contribution < -0.4 is 16.4 Å². The highest BCUT2D eigenvalue weighted by molar-refractivity contribution is 5.95. The number of anilines is 1. The molecule has 2 rings (SSSR count). The normalized spacial score (nSPS) is 11.7. The Morgan fingerprint density at radius 2 is 1.81 bits per heavy atom. The third-order valence-corrected chi connectivity index (χ3v) is 2.95. The number of aryl methyl sites for hydroxylation is 1. The van der Waals surface area contributed by atoms with E-state index in [0.717, 1.165) is 5.76 Å². The summed E-state index contributed by atoms with van der Waals surface area (Å²) >= 11 is 0. The molecule has 0 aliphatic rings. The second-order valence-corrected chi connectivity index (χ2v) is 4.71. The Balaban J connectivity index is 2.01. The van der Waals surface area contributed by atoms with Gasteiger partial charge in [-0.1, -0.05) is 0 Å². The Morgan fingerprint density at radius 3 is 2.33 bits per heavy atom. The van der Waals surface area contributed by atoms with E-state index in [1.165, 1.54) is 0 Å². The molecule has 0 bridgehead atoms. The zero-order valence-electron chi connectivity index (χ0n) is 11.8. The number of hydrogen-bond acceptors (Lipinski definition) is 3. The van der Waals surface area contributed by atoms with E-state index in [9.17, 15) is 9.59 Å². The number of urea groups is 1. The van der Waals surface area contributed by atoms with Gasteiger partial charge in [0.1, 0.15) is 11.5 Å². The first-order valence-electron chi connectivity index (χ1n) is 6.49. The monoisotopic (exact) mass is 287 g/mol. The summed E-state index contributed by atoms with van der Waals surface area (Å²) in [5.74, 6) is 1.28. The topological polar surface area (TPSA) is 97.4 Å². The van der Waals surface area contributed by atoms with E-state index in [4.69, 9.17) is 10.2 Å². The van der Waals surface area contributed by atoms with Gasteiger partial charge in [-0.2, -0.15) is 0 Å². The van der Waals surface area contributed by atoms with E-state index in [0.29, 0.717) is 17.0 Å². The fraction of sp³-hybridized carbons (Fsp3) is 0.200. The number of nitrogens with two attached hydrogens (primary N) is 1. The number of benzene rings is 1. The largest absolute Gasteiger partial charge is 0.464 e. The minimum atomic E-state index is -0.644. The number of furan rings is 1. The molecule has 0 radical (unpaired) electrons. The van der Waals surface area contributed by atoms with Crippen molar-refractivity contribution in [2.75, 3.05) is 5.32 Å². The Morgan fingerprint density at radius 1 is 1.14 bits per heavy atom. The molecule has 1 aromatic heterocycles. The molecule has 1 atom stereocenters. The van der Waals surface area contributed by atoms with Gasteiger partial charge >= 0.3 is 6.03 Å². The third-order valence-electron chi connectivity index (χ3n) is 2.95. The van der Waals surface area contributed by atoms with Gasteiger partial charge in [0.15, 0.2) is 0 Å². The smallest absolute Gasteiger partial charge is 0.316 e. The first kappa shape index (κ1) is 14.6. The van der Waals surface area contributed by atoms with Crippen molar-refractivity contribution in [3.8, 4) is 0 Å². The fourth-order valence-electron chi connectivity index (χ4n) is 1.88. The third kappa shape index (κ3) is 3.85. The molecule has 0 spiro atoms. The average Bonchev–Trinajstić information content (AvgIpc) is 2.85. The number of hydrogen-bond donors (Lipinski definition) is 3. The van der Waals surface area contributed by atoms with Crippen LogP contribution in [0.2, 0.25) is 0 Å². The van der Waals surface area contributed by atoms with Crippen LogP contribution in [0.3, 0.4) is 0 Å². The lowest BCUT2D eigenvalue weighted by molar-refractivity contribution is 0.0935. The van der Waals surface area contributed by atoms with Gasteiger partial charge in [-0.15, -0.1) is 0 Å². The summed E-state index contributed by atoms with van der Waals surface area (Å²) in [5, 5.41) is 5.27. The lowest BCUT2D eigenvalue weighted by atomic mass is 10.1. The minimum Gasteiger partial charge on any atom is -0.464 e. The predicted octanol–water partition coefficient (Wildman–Crippen LogP) is 2.57. The van der Waals surface area contributed by atoms with Crippen molar-refractivity contribution in [2.24, 2.45) is 5.73 Å². The second kappa shape index (κ2) is 6.13. The van der Waals surface area contributed by atoms with Crippen molar-refractivity contribution in [1.82, 2.24) is 5.32 Å². The molecule has 2 aromatic rings. The van der Waals surface area contributed by atoms with Crippen LogP contribution in [0.25, 0.3) is 0 Å². The molecule has 6 heteroatoms. The van der Waals surface area contributed by atoms with Gasteiger partial charge < -0.3 is 20.8 Å². The van der Waals surface area contributed by atoms with Crippen LogP contribution in [0.1, 0.15) is 34.8 Å². The zero-order chi connectivity index (χ0) is 15.4. The average molecular weight is 287 g/mol. The van der Waals surface area contributed by atoms with Crippen LogP contribution in [0, 0.1) is 6.92 Å². The summed E-state index contributed by atoms with van der Waals surface area (Å²) in [4.78, 5) is 22.8. The summed E-state index contributed by atoms with van der Waals surface area (Å²) < 4.78 is 5.47. The van der Waals surface area contributed by atoms with Crippen LogP contribution in [0.5, 0.6) is 0 Å². The molecule has 0 aliphatic heterocycles. The maximum atomic E-state index is 12.1. The first-order chi connectivity index (χ1) is 9.95. The Bertz CT molecular complexity index is 646. The number of rotatable bonds is 4. The molecular weight excluding hydrogens is 270 g/mol. The highest BCUT2D eigenvalue weighted by atomic mass is 16.3. The van der Waals surface area contributed by atoms with E-state index in [1.807, 2.05) is 26.0 Å². The first-order valence-corrected chi connectivity index (χ1v) is 6.49. The molecule has 4 N–H and O–H groups in total. The molecule has 6 nitrogen and oxygen atoms in total. The molecule has 0 saturated carbocycles. The van der Waals surface area contributed by atoms with Gasteiger partial charge in [-0.05, 0) is 50.2 Å².